The number of Topliss-reactive ketones (excluding diaryl/α,β-unsaturated/α-hetero) is 1. The number of imide groups is 1. The van der Waals surface area contributed by atoms with Gasteiger partial charge in [0.25, 0.3) is 0 Å². The van der Waals surface area contributed by atoms with Gasteiger partial charge < -0.3 is 14.3 Å². The van der Waals surface area contributed by atoms with Gasteiger partial charge in [0.2, 0.25) is 17.7 Å². The summed E-state index contributed by atoms with van der Waals surface area (Å²) in [5, 5.41) is 11.0. The Morgan fingerprint density at radius 2 is 1.74 bits per heavy atom. The minimum absolute atomic E-state index is 0.0534. The molecule has 0 spiro atoms. The van der Waals surface area contributed by atoms with Gasteiger partial charge in [0.1, 0.15) is 17.0 Å². The Balaban J connectivity index is 1.17. The van der Waals surface area contributed by atoms with E-state index in [0.717, 1.165) is 11.1 Å². The van der Waals surface area contributed by atoms with Crippen molar-refractivity contribution in [3.05, 3.63) is 107 Å². The second-order valence-corrected chi connectivity index (χ2v) is 12.2. The van der Waals surface area contributed by atoms with Crippen molar-refractivity contribution in [2.24, 2.45) is 17.8 Å². The fourth-order valence-corrected chi connectivity index (χ4v) is 7.63. The number of ketones is 2. The Kier molecular flexibility index (Phi) is 6.22. The molecule has 2 amide bonds. The highest BCUT2D eigenvalue weighted by Crippen LogP contribution is 2.56. The first-order valence-corrected chi connectivity index (χ1v) is 15.2. The molecule has 8 rings (SSSR count). The molecule has 0 radical (unpaired) electrons. The van der Waals surface area contributed by atoms with E-state index >= 15 is 0 Å². The monoisotopic (exact) mass is 612 g/mol. The van der Waals surface area contributed by atoms with Crippen LogP contribution in [-0.4, -0.2) is 40.6 Å². The van der Waals surface area contributed by atoms with E-state index in [4.69, 9.17) is 9.15 Å². The third-order valence-corrected chi connectivity index (χ3v) is 9.77. The van der Waals surface area contributed by atoms with Crippen LogP contribution in [0.4, 0.5) is 5.69 Å². The molecule has 4 atom stereocenters. The van der Waals surface area contributed by atoms with E-state index in [1.165, 1.54) is 24.2 Å². The van der Waals surface area contributed by atoms with Crippen molar-refractivity contribution < 1.29 is 33.4 Å². The Labute approximate surface area is 263 Å². The Hall–Kier alpha value is -5.57. The molecule has 9 heteroatoms. The summed E-state index contributed by atoms with van der Waals surface area (Å²) in [7, 11) is 1.51. The maximum atomic E-state index is 14.3. The van der Waals surface area contributed by atoms with Gasteiger partial charge >= 0.3 is 0 Å². The predicted molar refractivity (Wildman–Crippen MR) is 168 cm³/mol. The highest BCUT2D eigenvalue weighted by atomic mass is 16.5. The van der Waals surface area contributed by atoms with E-state index in [9.17, 15) is 24.3 Å². The minimum atomic E-state index is -0.766. The van der Waals surface area contributed by atoms with Gasteiger partial charge in [0.15, 0.2) is 17.1 Å². The summed E-state index contributed by atoms with van der Waals surface area (Å²) in [6.07, 6.45) is 3.71. The van der Waals surface area contributed by atoms with Crippen molar-refractivity contribution in [1.82, 2.24) is 4.98 Å². The molecule has 228 valence electrons. The number of hydrogen-bond donors (Lipinski definition) is 1. The van der Waals surface area contributed by atoms with E-state index in [2.05, 4.69) is 4.98 Å². The van der Waals surface area contributed by atoms with Crippen molar-refractivity contribution in [3.63, 3.8) is 0 Å². The zero-order valence-electron chi connectivity index (χ0n) is 25.0. The molecule has 0 bridgehead atoms. The zero-order valence-corrected chi connectivity index (χ0v) is 25.0. The number of anilines is 1. The molecule has 3 aromatic carbocycles. The molecule has 1 saturated heterocycles. The lowest BCUT2D eigenvalue weighted by Crippen LogP contribution is -2.39. The van der Waals surface area contributed by atoms with Crippen LogP contribution in [0.2, 0.25) is 0 Å². The first-order chi connectivity index (χ1) is 22.2. The molecule has 0 saturated carbocycles. The molecular formula is C37H28N2O7. The van der Waals surface area contributed by atoms with Crippen molar-refractivity contribution in [1.29, 1.82) is 0 Å². The fraction of sp³-hybridized carbons (Fsp3) is 0.216. The smallest absolute Gasteiger partial charge is 0.238 e. The number of para-hydroxylation sites is 2. The number of phenols is 1. The number of oxazole rings is 1. The SMILES string of the molecule is COc1ccc(O)c([C@H]2C3=CC[C@@H]4C(=O)N(c5ccc(-c6nc7ccccc7o6)cc5)C(=O)[C@@H]4[C@@H]3CC3=C2C(=O)C=C(C)C3=O)c1. The van der Waals surface area contributed by atoms with Crippen LogP contribution >= 0.6 is 0 Å². The molecule has 1 aromatic heterocycles. The normalized spacial score (nSPS) is 24.1. The van der Waals surface area contributed by atoms with Crippen LogP contribution in [0, 0.1) is 17.8 Å². The zero-order chi connectivity index (χ0) is 31.9. The van der Waals surface area contributed by atoms with Crippen molar-refractivity contribution >= 4 is 40.2 Å². The van der Waals surface area contributed by atoms with Gasteiger partial charge in [0, 0.05) is 33.8 Å². The average molecular weight is 613 g/mol. The van der Waals surface area contributed by atoms with E-state index in [1.54, 1.807) is 43.3 Å². The maximum Gasteiger partial charge on any atom is 0.238 e. The molecule has 4 aliphatic rings. The molecule has 3 aliphatic carbocycles. The van der Waals surface area contributed by atoms with Crippen LogP contribution in [-0.2, 0) is 19.2 Å². The molecule has 46 heavy (non-hydrogen) atoms. The topological polar surface area (TPSA) is 127 Å². The second-order valence-electron chi connectivity index (χ2n) is 12.2. The molecule has 4 aromatic rings. The number of carbonyl (C=O) groups excluding carboxylic acids is 4. The first-order valence-electron chi connectivity index (χ1n) is 15.2. The van der Waals surface area contributed by atoms with Gasteiger partial charge in [-0.05, 0) is 86.4 Å². The summed E-state index contributed by atoms with van der Waals surface area (Å²) < 4.78 is 11.3. The van der Waals surface area contributed by atoms with Gasteiger partial charge in [-0.2, -0.15) is 0 Å². The number of aromatic nitrogens is 1. The highest BCUT2D eigenvalue weighted by molar-refractivity contribution is 6.25. The lowest BCUT2D eigenvalue weighted by molar-refractivity contribution is -0.123. The third-order valence-electron chi connectivity index (χ3n) is 9.77. The molecule has 0 unspecified atom stereocenters. The van der Waals surface area contributed by atoms with E-state index in [1.807, 2.05) is 30.3 Å². The molecule has 9 nitrogen and oxygen atoms in total. The summed E-state index contributed by atoms with van der Waals surface area (Å²) >= 11 is 0. The Morgan fingerprint density at radius 3 is 2.50 bits per heavy atom. The maximum absolute atomic E-state index is 14.3. The van der Waals surface area contributed by atoms with E-state index in [0.29, 0.717) is 57.2 Å². The number of methoxy groups -OCH3 is 1. The van der Waals surface area contributed by atoms with Gasteiger partial charge in [-0.1, -0.05) is 23.8 Å². The minimum Gasteiger partial charge on any atom is -0.508 e. The summed E-state index contributed by atoms with van der Waals surface area (Å²) in [6.45, 7) is 1.60. The predicted octanol–water partition coefficient (Wildman–Crippen LogP) is 5.84. The molecule has 1 aliphatic heterocycles. The van der Waals surface area contributed by atoms with Crippen LogP contribution in [0.15, 0.2) is 106 Å². The van der Waals surface area contributed by atoms with Crippen LogP contribution in [0.3, 0.4) is 0 Å². The number of allylic oxidation sites excluding steroid dienone is 6. The standard InChI is InChI=1S/C37H28N2O7/c1-18-15-29(41)33-26(34(18)42)17-24-22(31(33)25-16-21(45-2)11-14-28(25)40)12-13-23-32(24)37(44)39(36(23)43)20-9-7-19(8-10-20)35-38-27-5-3-4-6-30(27)46-35/h3-12,14-16,23-24,31-32,40H,13,17H2,1-2H3/t23-,24+,31+,32-/m0/s1. The second kappa shape index (κ2) is 10.2. The van der Waals surface area contributed by atoms with Crippen molar-refractivity contribution in [2.75, 3.05) is 12.0 Å². The number of amides is 2. The van der Waals surface area contributed by atoms with Crippen LogP contribution in [0.1, 0.15) is 31.2 Å². The third kappa shape index (κ3) is 4.04. The number of benzene rings is 3. The number of phenolic OH excluding ortho intramolecular Hbond substituents is 1. The number of aromatic hydroxyl groups is 1. The summed E-state index contributed by atoms with van der Waals surface area (Å²) in [6, 6.07) is 19.2. The van der Waals surface area contributed by atoms with Gasteiger partial charge in [-0.25, -0.2) is 4.98 Å². The quantitative estimate of drug-likeness (QED) is 0.173. The van der Waals surface area contributed by atoms with Crippen LogP contribution < -0.4 is 9.64 Å². The summed E-state index contributed by atoms with van der Waals surface area (Å²) in [4.78, 5) is 61.0. The fourth-order valence-electron chi connectivity index (χ4n) is 7.63. The van der Waals surface area contributed by atoms with Crippen molar-refractivity contribution in [2.45, 2.75) is 25.7 Å². The number of ether oxygens (including phenoxy) is 1. The molecular weight excluding hydrogens is 584 g/mol. The van der Waals surface area contributed by atoms with Gasteiger partial charge in [-0.3, -0.25) is 24.1 Å². The summed E-state index contributed by atoms with van der Waals surface area (Å²) in [5.41, 5.74) is 4.67. The highest BCUT2D eigenvalue weighted by Gasteiger charge is 2.56. The number of fused-ring (bicyclic) bond motifs is 4. The van der Waals surface area contributed by atoms with Crippen molar-refractivity contribution in [3.8, 4) is 23.0 Å². The average Bonchev–Trinajstić information content (AvgIpc) is 3.61. The lowest BCUT2D eigenvalue weighted by Gasteiger charge is -2.42. The van der Waals surface area contributed by atoms with E-state index in [-0.39, 0.29) is 35.6 Å². The first kappa shape index (κ1) is 27.9. The van der Waals surface area contributed by atoms with E-state index < -0.39 is 23.7 Å². The molecule has 1 fully saturated rings. The summed E-state index contributed by atoms with van der Waals surface area (Å²) in [5.74, 6) is -2.98. The Morgan fingerprint density at radius 1 is 0.957 bits per heavy atom. The lowest BCUT2D eigenvalue weighted by atomic mass is 9.59. The number of rotatable bonds is 4. The van der Waals surface area contributed by atoms with Gasteiger partial charge in [0.05, 0.1) is 24.6 Å². The number of hydrogen-bond acceptors (Lipinski definition) is 8. The van der Waals surface area contributed by atoms with Crippen LogP contribution in [0.5, 0.6) is 11.5 Å². The largest absolute Gasteiger partial charge is 0.508 e. The Bertz CT molecular complexity index is 2080. The van der Waals surface area contributed by atoms with Gasteiger partial charge in [-0.15, -0.1) is 0 Å². The number of carbonyl (C=O) groups is 4. The molecule has 2 heterocycles. The number of nitrogens with zero attached hydrogens (tertiary/aromatic N) is 2. The molecule has 1 N–H and O–H groups in total. The van der Waals surface area contributed by atoms with Crippen LogP contribution in [0.25, 0.3) is 22.6 Å².